The number of hydrazine groups is 1. The van der Waals surface area contributed by atoms with Gasteiger partial charge in [0.25, 0.3) is 0 Å². The molecule has 2 aliphatic heterocycles. The van der Waals surface area contributed by atoms with Gasteiger partial charge < -0.3 is 25.3 Å². The van der Waals surface area contributed by atoms with E-state index in [1.54, 1.807) is 35.2 Å². The molecule has 10 nitrogen and oxygen atoms in total. The predicted octanol–water partition coefficient (Wildman–Crippen LogP) is 3.57. The van der Waals surface area contributed by atoms with Crippen LogP contribution in [0.3, 0.4) is 0 Å². The Morgan fingerprint density at radius 1 is 0.955 bits per heavy atom. The van der Waals surface area contributed by atoms with E-state index in [1.807, 2.05) is 42.5 Å². The van der Waals surface area contributed by atoms with Crippen molar-refractivity contribution >= 4 is 28.6 Å². The maximum absolute atomic E-state index is 14.1. The summed E-state index contributed by atoms with van der Waals surface area (Å²) in [4.78, 5) is 44.0. The molecule has 11 heteroatoms. The summed E-state index contributed by atoms with van der Waals surface area (Å²) in [6, 6.07) is 22.6. The zero-order chi connectivity index (χ0) is 31.0. The van der Waals surface area contributed by atoms with Crippen LogP contribution in [0.2, 0.25) is 0 Å². The minimum Gasteiger partial charge on any atom is -0.504 e. The molecule has 0 bridgehead atoms. The average molecular weight is 598 g/mol. The summed E-state index contributed by atoms with van der Waals surface area (Å²) in [6.45, 7) is 0.515. The topological polar surface area (TPSA) is 117 Å². The Morgan fingerprint density at radius 2 is 1.68 bits per heavy atom. The molecule has 2 atom stereocenters. The van der Waals surface area contributed by atoms with Gasteiger partial charge in [0.2, 0.25) is 11.8 Å². The van der Waals surface area contributed by atoms with Crippen LogP contribution in [0.5, 0.6) is 11.5 Å². The predicted molar refractivity (Wildman–Crippen MR) is 160 cm³/mol. The lowest BCUT2D eigenvalue weighted by molar-refractivity contribution is -0.157. The number of carbonyl (C=O) groups excluding carboxylic acids is 3. The first-order valence-corrected chi connectivity index (χ1v) is 14.3. The second-order valence-electron chi connectivity index (χ2n) is 11.1. The third-order valence-electron chi connectivity index (χ3n) is 8.31. The number of phenolic OH excluding ortho intramolecular Hbond substituents is 2. The Labute approximate surface area is 253 Å². The number of fused-ring (bicyclic) bond motifs is 2. The molecule has 2 fully saturated rings. The number of benzene rings is 4. The number of halogens is 1. The zero-order valence-corrected chi connectivity index (χ0v) is 24.1. The van der Waals surface area contributed by atoms with E-state index < -0.39 is 18.2 Å². The molecular formula is C33H32FN5O5. The number of urea groups is 1. The van der Waals surface area contributed by atoms with E-state index in [1.165, 1.54) is 34.2 Å². The second-order valence-corrected chi connectivity index (χ2v) is 11.1. The number of phenols is 2. The van der Waals surface area contributed by atoms with Crippen molar-refractivity contribution in [2.24, 2.45) is 0 Å². The highest BCUT2D eigenvalue weighted by molar-refractivity contribution is 5.92. The van der Waals surface area contributed by atoms with Crippen molar-refractivity contribution in [3.63, 3.8) is 0 Å². The molecule has 0 radical (unpaired) electrons. The molecule has 0 spiro atoms. The minimum absolute atomic E-state index is 0.106. The van der Waals surface area contributed by atoms with Gasteiger partial charge in [-0.05, 0) is 51.7 Å². The molecule has 0 unspecified atom stereocenters. The summed E-state index contributed by atoms with van der Waals surface area (Å²) in [5.74, 6) is -1.53. The summed E-state index contributed by atoms with van der Waals surface area (Å²) in [7, 11) is 1.56. The molecule has 2 saturated heterocycles. The Hall–Kier alpha value is -5.16. The van der Waals surface area contributed by atoms with Crippen LogP contribution in [-0.4, -0.2) is 80.2 Å². The first kappa shape index (κ1) is 28.9. The normalized spacial score (nSPS) is 18.5. The molecule has 3 N–H and O–H groups in total. The lowest BCUT2D eigenvalue weighted by atomic mass is 9.98. The van der Waals surface area contributed by atoms with Gasteiger partial charge in [0.15, 0.2) is 11.5 Å². The maximum Gasteiger partial charge on any atom is 0.332 e. The van der Waals surface area contributed by atoms with Crippen LogP contribution in [0.15, 0.2) is 84.9 Å². The Morgan fingerprint density at radius 3 is 2.45 bits per heavy atom. The molecular weight excluding hydrogens is 565 g/mol. The van der Waals surface area contributed by atoms with E-state index in [0.29, 0.717) is 17.7 Å². The van der Waals surface area contributed by atoms with E-state index in [4.69, 9.17) is 0 Å². The van der Waals surface area contributed by atoms with Crippen molar-refractivity contribution in [1.82, 2.24) is 25.1 Å². The van der Waals surface area contributed by atoms with Crippen molar-refractivity contribution in [3.05, 3.63) is 107 Å². The average Bonchev–Trinajstić information content (AvgIpc) is 3.35. The Balaban J connectivity index is 1.28. The number of aromatic hydroxyl groups is 2. The van der Waals surface area contributed by atoms with Crippen LogP contribution in [0, 0.1) is 5.82 Å². The second kappa shape index (κ2) is 11.8. The number of hydrogen-bond acceptors (Lipinski definition) is 6. The third-order valence-corrected chi connectivity index (χ3v) is 8.31. The Kier molecular flexibility index (Phi) is 7.79. The molecule has 4 amide bonds. The van der Waals surface area contributed by atoms with Gasteiger partial charge in [-0.15, -0.1) is 0 Å². The number of nitrogens with one attached hydrogen (secondary N) is 1. The quantitative estimate of drug-likeness (QED) is 0.281. The number of rotatable bonds is 7. The van der Waals surface area contributed by atoms with Gasteiger partial charge in [0.1, 0.15) is 18.0 Å². The summed E-state index contributed by atoms with van der Waals surface area (Å²) < 4.78 is 13.3. The van der Waals surface area contributed by atoms with E-state index in [-0.39, 0.29) is 55.2 Å². The van der Waals surface area contributed by atoms with Gasteiger partial charge in [-0.3, -0.25) is 14.6 Å². The SMILES string of the molecule is CN(C(=O)NCc1ccc(F)cc1)N1CC(=O)N2[C@@H](Cc3ccc(O)c(O)c3)C(=O)N(Cc3cccc4ccccc34)C[C@@H]21. The summed E-state index contributed by atoms with van der Waals surface area (Å²) in [5.41, 5.74) is 2.24. The van der Waals surface area contributed by atoms with Crippen LogP contribution < -0.4 is 5.32 Å². The summed E-state index contributed by atoms with van der Waals surface area (Å²) in [6.07, 6.45) is -0.526. The zero-order valence-electron chi connectivity index (χ0n) is 24.1. The number of nitrogens with zero attached hydrogens (tertiary/aromatic N) is 4. The highest BCUT2D eigenvalue weighted by atomic mass is 19.1. The summed E-state index contributed by atoms with van der Waals surface area (Å²) >= 11 is 0. The number of piperazine rings is 1. The molecule has 4 aromatic rings. The van der Waals surface area contributed by atoms with Crippen molar-refractivity contribution in [3.8, 4) is 11.5 Å². The summed E-state index contributed by atoms with van der Waals surface area (Å²) in [5, 5.41) is 27.8. The fourth-order valence-electron chi connectivity index (χ4n) is 6.02. The van der Waals surface area contributed by atoms with Crippen LogP contribution in [0.4, 0.5) is 9.18 Å². The third kappa shape index (κ3) is 5.61. The van der Waals surface area contributed by atoms with Crippen LogP contribution in [-0.2, 0) is 29.1 Å². The molecule has 6 rings (SSSR count). The van der Waals surface area contributed by atoms with E-state index in [2.05, 4.69) is 5.32 Å². The monoisotopic (exact) mass is 597 g/mol. The lowest BCUT2D eigenvalue weighted by Gasteiger charge is -2.46. The number of hydrogen-bond donors (Lipinski definition) is 3. The molecule has 44 heavy (non-hydrogen) atoms. The van der Waals surface area contributed by atoms with Crippen molar-refractivity contribution in [2.75, 3.05) is 20.1 Å². The van der Waals surface area contributed by atoms with Crippen LogP contribution in [0.1, 0.15) is 16.7 Å². The fraction of sp³-hybridized carbons (Fsp3) is 0.242. The standard InChI is InChI=1S/C33H32FN5O5/c1-36(33(44)35-17-21-9-12-25(34)13-10-21)38-20-31(42)39-27(15-22-11-14-28(40)29(41)16-22)32(43)37(19-30(38)39)18-24-7-4-6-23-5-2-3-8-26(23)24/h2-14,16,27,30,40-41H,15,17-20H2,1H3,(H,35,44)/t27-,30+/m0/s1. The molecule has 0 saturated carbocycles. The highest BCUT2D eigenvalue weighted by Gasteiger charge is 2.51. The van der Waals surface area contributed by atoms with Gasteiger partial charge in [0, 0.05) is 26.6 Å². The number of amides is 4. The van der Waals surface area contributed by atoms with Crippen molar-refractivity contribution in [1.29, 1.82) is 0 Å². The first-order chi connectivity index (χ1) is 21.2. The molecule has 226 valence electrons. The fourth-order valence-corrected chi connectivity index (χ4v) is 6.02. The van der Waals surface area contributed by atoms with Gasteiger partial charge in [-0.2, -0.15) is 5.01 Å². The van der Waals surface area contributed by atoms with Crippen molar-refractivity contribution in [2.45, 2.75) is 31.7 Å². The Bertz CT molecular complexity index is 1730. The molecule has 4 aromatic carbocycles. The first-order valence-electron chi connectivity index (χ1n) is 14.3. The van der Waals surface area contributed by atoms with Gasteiger partial charge >= 0.3 is 6.03 Å². The van der Waals surface area contributed by atoms with Crippen LogP contribution >= 0.6 is 0 Å². The van der Waals surface area contributed by atoms with Crippen LogP contribution in [0.25, 0.3) is 10.8 Å². The lowest BCUT2D eigenvalue weighted by Crippen LogP contribution is -2.65. The largest absolute Gasteiger partial charge is 0.504 e. The molecule has 0 aromatic heterocycles. The number of carbonyl (C=O) groups is 3. The van der Waals surface area contributed by atoms with E-state index in [0.717, 1.165) is 16.3 Å². The van der Waals surface area contributed by atoms with Gasteiger partial charge in [-0.1, -0.05) is 60.7 Å². The van der Waals surface area contributed by atoms with Crippen molar-refractivity contribution < 1.29 is 29.0 Å². The van der Waals surface area contributed by atoms with E-state index in [9.17, 15) is 29.0 Å². The van der Waals surface area contributed by atoms with Gasteiger partial charge in [-0.25, -0.2) is 9.18 Å². The van der Waals surface area contributed by atoms with Gasteiger partial charge in [0.05, 0.1) is 13.1 Å². The highest BCUT2D eigenvalue weighted by Crippen LogP contribution is 2.32. The molecule has 2 heterocycles. The molecule has 0 aliphatic carbocycles. The van der Waals surface area contributed by atoms with E-state index >= 15 is 0 Å². The maximum atomic E-state index is 14.1. The smallest absolute Gasteiger partial charge is 0.332 e. The molecule has 2 aliphatic rings. The minimum atomic E-state index is -0.902.